The molecule has 116 valence electrons. The van der Waals surface area contributed by atoms with Gasteiger partial charge in [0.05, 0.1) is 21.4 Å². The zero-order valence-corrected chi connectivity index (χ0v) is 13.1. The fourth-order valence-electron chi connectivity index (χ4n) is 1.51. The third-order valence-corrected chi connectivity index (χ3v) is 4.18. The molecule has 0 aromatic heterocycles. The first-order chi connectivity index (χ1) is 10.2. The number of rotatable bonds is 3. The average molecular weight is 362 g/mol. The van der Waals surface area contributed by atoms with Crippen molar-refractivity contribution in [2.75, 3.05) is 5.73 Å². The van der Waals surface area contributed by atoms with E-state index in [4.69, 9.17) is 33.5 Å². The normalized spacial score (nSPS) is 12.0. The van der Waals surface area contributed by atoms with E-state index in [2.05, 4.69) is 10.2 Å². The Morgan fingerprint density at radius 3 is 2.32 bits per heavy atom. The van der Waals surface area contributed by atoms with Gasteiger partial charge in [-0.3, -0.25) is 4.55 Å². The highest BCUT2D eigenvalue weighted by Crippen LogP contribution is 2.35. The molecule has 0 atom stereocenters. The first-order valence-electron chi connectivity index (χ1n) is 5.65. The zero-order valence-electron chi connectivity index (χ0n) is 10.7. The molecule has 0 unspecified atom stereocenters. The molecule has 0 radical (unpaired) electrons. The van der Waals surface area contributed by atoms with E-state index in [0.717, 1.165) is 12.1 Å². The van der Waals surface area contributed by atoms with E-state index in [-0.39, 0.29) is 27.2 Å². The molecule has 7 nitrogen and oxygen atoms in total. The average Bonchev–Trinajstić information content (AvgIpc) is 2.42. The molecule has 2 rings (SSSR count). The quantitative estimate of drug-likeness (QED) is 0.330. The van der Waals surface area contributed by atoms with Gasteiger partial charge in [-0.05, 0) is 30.3 Å². The highest BCUT2D eigenvalue weighted by molar-refractivity contribution is 7.86. The second-order valence-corrected chi connectivity index (χ2v) is 6.36. The third kappa shape index (κ3) is 3.66. The second kappa shape index (κ2) is 6.09. The number of benzene rings is 2. The summed E-state index contributed by atoms with van der Waals surface area (Å²) in [7, 11) is -4.48. The van der Waals surface area contributed by atoms with Gasteiger partial charge in [0.2, 0.25) is 0 Å². The van der Waals surface area contributed by atoms with Gasteiger partial charge in [0.15, 0.2) is 0 Å². The number of azo groups is 1. The number of anilines is 1. The Morgan fingerprint density at radius 2 is 1.73 bits per heavy atom. The third-order valence-electron chi connectivity index (χ3n) is 2.56. The Morgan fingerprint density at radius 1 is 1.05 bits per heavy atom. The van der Waals surface area contributed by atoms with Gasteiger partial charge < -0.3 is 10.8 Å². The lowest BCUT2D eigenvalue weighted by molar-refractivity contribution is 0.478. The van der Waals surface area contributed by atoms with Gasteiger partial charge in [-0.15, -0.1) is 5.11 Å². The number of nitrogens with zero attached hydrogens (tertiary/aromatic N) is 2. The molecular formula is C12H9Cl2N3O4S. The molecule has 22 heavy (non-hydrogen) atoms. The standard InChI is InChI=1S/C12H9Cl2N3O4S/c13-7-5-12(22(19,20)21)8(14)4-10(7)17-16-6-1-2-11(18)9(15)3-6/h1-5,18H,15H2,(H,19,20,21). The predicted octanol–water partition coefficient (Wildman–Crippen LogP) is 3.94. The minimum absolute atomic E-state index is 0.0625. The van der Waals surface area contributed by atoms with Crippen molar-refractivity contribution in [1.82, 2.24) is 0 Å². The Kier molecular flexibility index (Phi) is 4.57. The van der Waals surface area contributed by atoms with Crippen LogP contribution in [-0.4, -0.2) is 18.1 Å². The molecule has 2 aromatic carbocycles. The maximum absolute atomic E-state index is 11.1. The van der Waals surface area contributed by atoms with Crippen LogP contribution in [0.15, 0.2) is 45.5 Å². The smallest absolute Gasteiger partial charge is 0.296 e. The Bertz CT molecular complexity index is 869. The number of nitrogen functional groups attached to an aromatic ring is 1. The molecule has 2 aromatic rings. The fraction of sp³-hybridized carbons (Fsp3) is 0. The van der Waals surface area contributed by atoms with E-state index < -0.39 is 15.0 Å². The van der Waals surface area contributed by atoms with E-state index in [1.54, 1.807) is 0 Å². The lowest BCUT2D eigenvalue weighted by atomic mass is 10.2. The zero-order chi connectivity index (χ0) is 16.5. The van der Waals surface area contributed by atoms with Crippen LogP contribution in [0, 0.1) is 0 Å². The summed E-state index contributed by atoms with van der Waals surface area (Å²) in [4.78, 5) is -0.521. The lowest BCUT2D eigenvalue weighted by Crippen LogP contribution is -1.98. The molecule has 0 aliphatic rings. The molecule has 0 aliphatic carbocycles. The van der Waals surface area contributed by atoms with Crippen molar-refractivity contribution in [3.05, 3.63) is 40.4 Å². The van der Waals surface area contributed by atoms with E-state index in [9.17, 15) is 13.5 Å². The van der Waals surface area contributed by atoms with Gasteiger partial charge >= 0.3 is 0 Å². The summed E-state index contributed by atoms with van der Waals surface area (Å²) in [6.07, 6.45) is 0. The Balaban J connectivity index is 2.40. The van der Waals surface area contributed by atoms with Crippen molar-refractivity contribution in [2.45, 2.75) is 4.90 Å². The van der Waals surface area contributed by atoms with Gasteiger partial charge in [-0.2, -0.15) is 13.5 Å². The van der Waals surface area contributed by atoms with Crippen LogP contribution in [0.3, 0.4) is 0 Å². The summed E-state index contributed by atoms with van der Waals surface area (Å²) < 4.78 is 31.2. The van der Waals surface area contributed by atoms with Crippen LogP contribution in [0.2, 0.25) is 10.0 Å². The molecule has 0 spiro atoms. The van der Waals surface area contributed by atoms with E-state index in [1.165, 1.54) is 18.2 Å². The Hall–Kier alpha value is -1.87. The highest BCUT2D eigenvalue weighted by atomic mass is 35.5. The number of hydrogen-bond acceptors (Lipinski definition) is 6. The highest BCUT2D eigenvalue weighted by Gasteiger charge is 2.17. The monoisotopic (exact) mass is 361 g/mol. The fourth-order valence-corrected chi connectivity index (χ4v) is 2.80. The lowest BCUT2D eigenvalue weighted by Gasteiger charge is -2.04. The SMILES string of the molecule is Nc1cc(N=Nc2cc(Cl)c(S(=O)(=O)O)cc2Cl)ccc1O. The van der Waals surface area contributed by atoms with Crippen LogP contribution in [0.25, 0.3) is 0 Å². The number of nitrogens with two attached hydrogens (primary N) is 1. The maximum Gasteiger partial charge on any atom is 0.296 e. The molecule has 0 bridgehead atoms. The summed E-state index contributed by atoms with van der Waals surface area (Å²) in [5.74, 6) is -0.0856. The minimum atomic E-state index is -4.48. The molecule has 4 N–H and O–H groups in total. The first-order valence-corrected chi connectivity index (χ1v) is 7.85. The summed E-state index contributed by atoms with van der Waals surface area (Å²) in [5.41, 5.74) is 6.10. The van der Waals surface area contributed by atoms with Crippen molar-refractivity contribution in [2.24, 2.45) is 10.2 Å². The van der Waals surface area contributed by atoms with Crippen molar-refractivity contribution in [3.63, 3.8) is 0 Å². The molecule has 0 aliphatic heterocycles. The van der Waals surface area contributed by atoms with E-state index >= 15 is 0 Å². The molecule has 10 heteroatoms. The minimum Gasteiger partial charge on any atom is -0.506 e. The van der Waals surface area contributed by atoms with Crippen LogP contribution < -0.4 is 5.73 Å². The van der Waals surface area contributed by atoms with Gasteiger partial charge in [0.1, 0.15) is 16.3 Å². The molecule has 0 amide bonds. The molecule has 0 saturated carbocycles. The van der Waals surface area contributed by atoms with Gasteiger partial charge in [-0.1, -0.05) is 23.2 Å². The summed E-state index contributed by atoms with van der Waals surface area (Å²) >= 11 is 11.6. The van der Waals surface area contributed by atoms with Crippen LogP contribution in [0.4, 0.5) is 17.1 Å². The van der Waals surface area contributed by atoms with Crippen LogP contribution in [0.5, 0.6) is 5.75 Å². The number of phenolic OH excluding ortho intramolecular Hbond substituents is 1. The van der Waals surface area contributed by atoms with Crippen molar-refractivity contribution < 1.29 is 18.1 Å². The van der Waals surface area contributed by atoms with Crippen LogP contribution in [-0.2, 0) is 10.1 Å². The summed E-state index contributed by atoms with van der Waals surface area (Å²) in [5, 5.41) is 16.7. The van der Waals surface area contributed by atoms with Gasteiger partial charge in [-0.25, -0.2) is 0 Å². The number of phenols is 1. The molecular weight excluding hydrogens is 353 g/mol. The Labute approximate surface area is 135 Å². The summed E-state index contributed by atoms with van der Waals surface area (Å²) in [6.45, 7) is 0. The number of aromatic hydroxyl groups is 1. The topological polar surface area (TPSA) is 125 Å². The second-order valence-electron chi connectivity index (χ2n) is 4.15. The van der Waals surface area contributed by atoms with E-state index in [1.807, 2.05) is 0 Å². The number of halogens is 2. The van der Waals surface area contributed by atoms with Crippen LogP contribution in [0.1, 0.15) is 0 Å². The van der Waals surface area contributed by atoms with E-state index in [0.29, 0.717) is 5.69 Å². The van der Waals surface area contributed by atoms with Crippen LogP contribution >= 0.6 is 23.2 Å². The molecule has 0 saturated heterocycles. The van der Waals surface area contributed by atoms with Crippen molar-refractivity contribution in [1.29, 1.82) is 0 Å². The van der Waals surface area contributed by atoms with Gasteiger partial charge in [0, 0.05) is 0 Å². The maximum atomic E-state index is 11.1. The largest absolute Gasteiger partial charge is 0.506 e. The van der Waals surface area contributed by atoms with Crippen molar-refractivity contribution in [3.8, 4) is 5.75 Å². The van der Waals surface area contributed by atoms with Gasteiger partial charge in [0.25, 0.3) is 10.1 Å². The first kappa shape index (κ1) is 16.5. The molecule has 0 fully saturated rings. The van der Waals surface area contributed by atoms with Crippen molar-refractivity contribution >= 4 is 50.4 Å². The summed E-state index contributed by atoms with van der Waals surface area (Å²) in [6, 6.07) is 6.33. The predicted molar refractivity (Wildman–Crippen MR) is 83.0 cm³/mol. The number of hydrogen-bond donors (Lipinski definition) is 3. The molecule has 0 heterocycles.